The van der Waals surface area contributed by atoms with Gasteiger partial charge in [0, 0.05) is 11.8 Å². The van der Waals surface area contributed by atoms with Gasteiger partial charge in [-0.1, -0.05) is 37.1 Å². The van der Waals surface area contributed by atoms with E-state index in [1.54, 1.807) is 0 Å². The number of hydrogen-bond donors (Lipinski definition) is 1. The Hall–Kier alpha value is -0.600. The molecular weight excluding hydrogens is 260 g/mol. The topological polar surface area (TPSA) is 29.5 Å². The van der Waals surface area contributed by atoms with Gasteiger partial charge in [-0.05, 0) is 51.4 Å². The van der Waals surface area contributed by atoms with Crippen molar-refractivity contribution in [1.29, 1.82) is 0 Å². The first-order valence-electron chi connectivity index (χ1n) is 8.65. The quantitative estimate of drug-likeness (QED) is 0.737. The maximum absolute atomic E-state index is 10.7. The SMILES string of the molecule is CC1=CC[C@H](C(C)C)[C@H]2[C@H]3O[C@H](C/C(C)=C\CC[C@H]3O)[C@@H]12. The normalized spacial score (nSPS) is 46.0. The molecule has 3 aliphatic rings. The summed E-state index contributed by atoms with van der Waals surface area (Å²) in [6.07, 6.45) is 8.73. The highest BCUT2D eigenvalue weighted by Crippen LogP contribution is 2.51. The molecule has 118 valence electrons. The van der Waals surface area contributed by atoms with Gasteiger partial charge in [0.05, 0.1) is 18.3 Å². The van der Waals surface area contributed by atoms with Crippen LogP contribution >= 0.6 is 0 Å². The van der Waals surface area contributed by atoms with Crippen LogP contribution in [0, 0.1) is 23.7 Å². The molecule has 2 bridgehead atoms. The van der Waals surface area contributed by atoms with Gasteiger partial charge in [0.25, 0.3) is 0 Å². The van der Waals surface area contributed by atoms with E-state index in [0.717, 1.165) is 25.7 Å². The zero-order valence-electron chi connectivity index (χ0n) is 13.9. The molecule has 0 spiro atoms. The van der Waals surface area contributed by atoms with Crippen LogP contribution < -0.4 is 0 Å². The monoisotopic (exact) mass is 290 g/mol. The molecule has 2 heteroatoms. The molecule has 1 fully saturated rings. The van der Waals surface area contributed by atoms with Crippen LogP contribution in [0.3, 0.4) is 0 Å². The summed E-state index contributed by atoms with van der Waals surface area (Å²) in [4.78, 5) is 0. The third kappa shape index (κ3) is 2.73. The molecule has 0 amide bonds. The minimum absolute atomic E-state index is 0.0374. The highest BCUT2D eigenvalue weighted by molar-refractivity contribution is 5.20. The number of aliphatic hydroxyl groups excluding tert-OH is 1. The molecule has 0 unspecified atom stereocenters. The van der Waals surface area contributed by atoms with Crippen molar-refractivity contribution in [3.05, 3.63) is 23.3 Å². The van der Waals surface area contributed by atoms with Gasteiger partial charge in [-0.25, -0.2) is 0 Å². The molecule has 0 aromatic heterocycles. The van der Waals surface area contributed by atoms with Gasteiger partial charge in [-0.15, -0.1) is 0 Å². The number of ether oxygens (including phenoxy) is 1. The van der Waals surface area contributed by atoms with Gasteiger partial charge in [0.2, 0.25) is 0 Å². The third-order valence-corrected chi connectivity index (χ3v) is 5.97. The molecule has 2 aliphatic heterocycles. The van der Waals surface area contributed by atoms with Crippen molar-refractivity contribution in [3.8, 4) is 0 Å². The van der Waals surface area contributed by atoms with Gasteiger partial charge in [0.1, 0.15) is 0 Å². The van der Waals surface area contributed by atoms with Crippen LogP contribution in [0.15, 0.2) is 23.3 Å². The molecule has 21 heavy (non-hydrogen) atoms. The van der Waals surface area contributed by atoms with Crippen molar-refractivity contribution >= 4 is 0 Å². The number of rotatable bonds is 1. The Morgan fingerprint density at radius 2 is 2.00 bits per heavy atom. The van der Waals surface area contributed by atoms with E-state index < -0.39 is 0 Å². The minimum atomic E-state index is -0.309. The van der Waals surface area contributed by atoms with Gasteiger partial charge >= 0.3 is 0 Å². The van der Waals surface area contributed by atoms with E-state index in [-0.39, 0.29) is 18.3 Å². The molecular formula is C19H30O2. The lowest BCUT2D eigenvalue weighted by Crippen LogP contribution is -2.40. The maximum atomic E-state index is 10.7. The fourth-order valence-electron chi connectivity index (χ4n) is 4.86. The molecule has 2 nitrogen and oxygen atoms in total. The number of allylic oxidation sites excluding steroid dienone is 2. The lowest BCUT2D eigenvalue weighted by Gasteiger charge is -2.39. The van der Waals surface area contributed by atoms with Crippen LogP contribution in [0.1, 0.15) is 53.4 Å². The molecule has 3 rings (SSSR count). The average Bonchev–Trinajstić information content (AvgIpc) is 2.80. The Morgan fingerprint density at radius 1 is 1.24 bits per heavy atom. The van der Waals surface area contributed by atoms with E-state index in [1.807, 2.05) is 0 Å². The van der Waals surface area contributed by atoms with Crippen LogP contribution in [-0.4, -0.2) is 23.4 Å². The van der Waals surface area contributed by atoms with Crippen molar-refractivity contribution in [1.82, 2.24) is 0 Å². The van der Waals surface area contributed by atoms with Gasteiger partial charge < -0.3 is 9.84 Å². The summed E-state index contributed by atoms with van der Waals surface area (Å²) in [5.74, 6) is 2.30. The summed E-state index contributed by atoms with van der Waals surface area (Å²) in [6, 6.07) is 0. The van der Waals surface area contributed by atoms with Crippen molar-refractivity contribution in [2.24, 2.45) is 23.7 Å². The number of hydrogen-bond acceptors (Lipinski definition) is 2. The lowest BCUT2D eigenvalue weighted by molar-refractivity contribution is -0.0573. The molecule has 0 aromatic rings. The van der Waals surface area contributed by atoms with Crippen molar-refractivity contribution in [2.75, 3.05) is 0 Å². The summed E-state index contributed by atoms with van der Waals surface area (Å²) >= 11 is 0. The summed E-state index contributed by atoms with van der Waals surface area (Å²) in [7, 11) is 0. The molecule has 1 aliphatic carbocycles. The zero-order chi connectivity index (χ0) is 15.1. The minimum Gasteiger partial charge on any atom is -0.390 e. The second-order valence-corrected chi connectivity index (χ2v) is 7.73. The predicted molar refractivity (Wildman–Crippen MR) is 86.0 cm³/mol. The smallest absolute Gasteiger partial charge is 0.0875 e. The van der Waals surface area contributed by atoms with Crippen LogP contribution in [-0.2, 0) is 4.74 Å². The first-order valence-corrected chi connectivity index (χ1v) is 8.65. The summed E-state index contributed by atoms with van der Waals surface area (Å²) in [5, 5.41) is 10.7. The molecule has 2 heterocycles. The fourth-order valence-corrected chi connectivity index (χ4v) is 4.86. The summed E-state index contributed by atoms with van der Waals surface area (Å²) in [6.45, 7) is 9.13. The fraction of sp³-hybridized carbons (Fsp3) is 0.789. The second-order valence-electron chi connectivity index (χ2n) is 7.73. The Labute approximate surface area is 129 Å². The van der Waals surface area contributed by atoms with E-state index in [4.69, 9.17) is 4.74 Å². The van der Waals surface area contributed by atoms with E-state index in [9.17, 15) is 5.11 Å². The van der Waals surface area contributed by atoms with Gasteiger partial charge in [-0.3, -0.25) is 0 Å². The van der Waals surface area contributed by atoms with Crippen molar-refractivity contribution in [2.45, 2.75) is 71.7 Å². The first kappa shape index (κ1) is 15.3. The summed E-state index contributed by atoms with van der Waals surface area (Å²) in [5.41, 5.74) is 2.91. The highest BCUT2D eigenvalue weighted by Gasteiger charge is 2.52. The predicted octanol–water partition coefficient (Wildman–Crippen LogP) is 4.10. The molecule has 6 atom stereocenters. The van der Waals surface area contributed by atoms with Crippen LogP contribution in [0.5, 0.6) is 0 Å². The van der Waals surface area contributed by atoms with Gasteiger partial charge in [0.15, 0.2) is 0 Å². The molecule has 1 saturated heterocycles. The van der Waals surface area contributed by atoms with Crippen LogP contribution in [0.2, 0.25) is 0 Å². The zero-order valence-corrected chi connectivity index (χ0v) is 13.9. The standard InChI is InChI=1S/C19H30O2/c1-11(2)14-9-8-13(4)17-16-10-12(3)6-5-7-15(20)19(21-16)18(14)17/h6,8,11,14-20H,5,7,9-10H2,1-4H3/b12-6-/t14-,15-,16-,17-,18-,19+/m1/s1. The lowest BCUT2D eigenvalue weighted by atomic mass is 9.64. The van der Waals surface area contributed by atoms with E-state index in [2.05, 4.69) is 39.8 Å². The van der Waals surface area contributed by atoms with E-state index in [0.29, 0.717) is 23.7 Å². The Balaban J connectivity index is 1.98. The first-order chi connectivity index (χ1) is 9.99. The average molecular weight is 290 g/mol. The number of fused-ring (bicyclic) bond motifs is 5. The van der Waals surface area contributed by atoms with E-state index in [1.165, 1.54) is 11.1 Å². The largest absolute Gasteiger partial charge is 0.390 e. The Morgan fingerprint density at radius 3 is 2.71 bits per heavy atom. The molecule has 0 aromatic carbocycles. The molecule has 0 radical (unpaired) electrons. The molecule has 1 N–H and O–H groups in total. The molecule has 0 saturated carbocycles. The van der Waals surface area contributed by atoms with E-state index >= 15 is 0 Å². The number of aliphatic hydroxyl groups is 1. The van der Waals surface area contributed by atoms with Crippen LogP contribution in [0.4, 0.5) is 0 Å². The highest BCUT2D eigenvalue weighted by atomic mass is 16.5. The third-order valence-electron chi connectivity index (χ3n) is 5.97. The van der Waals surface area contributed by atoms with Gasteiger partial charge in [-0.2, -0.15) is 0 Å². The second kappa shape index (κ2) is 5.89. The maximum Gasteiger partial charge on any atom is 0.0875 e. The van der Waals surface area contributed by atoms with Crippen molar-refractivity contribution in [3.63, 3.8) is 0 Å². The van der Waals surface area contributed by atoms with Crippen LogP contribution in [0.25, 0.3) is 0 Å². The Kier molecular flexibility index (Phi) is 4.29. The van der Waals surface area contributed by atoms with Crippen molar-refractivity contribution < 1.29 is 9.84 Å². The summed E-state index contributed by atoms with van der Waals surface area (Å²) < 4.78 is 6.43. The Bertz CT molecular complexity index is 448.